The number of ketones is 1. The maximum atomic E-state index is 12.6. The Labute approximate surface area is 183 Å². The van der Waals surface area contributed by atoms with E-state index in [9.17, 15) is 9.59 Å². The molecule has 0 bridgehead atoms. The van der Waals surface area contributed by atoms with E-state index in [1.54, 1.807) is 13.2 Å². The second-order valence-electron chi connectivity index (χ2n) is 6.93. The van der Waals surface area contributed by atoms with E-state index >= 15 is 0 Å². The predicted octanol–water partition coefficient (Wildman–Crippen LogP) is 4.96. The van der Waals surface area contributed by atoms with Crippen LogP contribution in [0.15, 0.2) is 48.7 Å². The van der Waals surface area contributed by atoms with E-state index in [0.717, 1.165) is 11.3 Å². The van der Waals surface area contributed by atoms with Crippen molar-refractivity contribution in [2.45, 2.75) is 18.8 Å². The number of nitrogens with zero attached hydrogens (tertiary/aromatic N) is 2. The first kappa shape index (κ1) is 20.3. The molecule has 1 heterocycles. The summed E-state index contributed by atoms with van der Waals surface area (Å²) in [6.07, 6.45) is 2.42. The van der Waals surface area contributed by atoms with Crippen LogP contribution in [0.1, 0.15) is 44.3 Å². The van der Waals surface area contributed by atoms with Gasteiger partial charge in [-0.3, -0.25) is 14.9 Å². The lowest BCUT2D eigenvalue weighted by Crippen LogP contribution is -2.22. The molecule has 0 unspecified atom stereocenters. The van der Waals surface area contributed by atoms with Crippen LogP contribution in [-0.4, -0.2) is 28.8 Å². The third kappa shape index (κ3) is 4.15. The largest absolute Gasteiger partial charge is 0.497 e. The lowest BCUT2D eigenvalue weighted by atomic mass is 9.82. The highest BCUT2D eigenvalue weighted by Gasteiger charge is 2.28. The SMILES string of the molecule is COc1ccc([C@@H]2CC(=O)c3cnc(NC(=O)c4ccc(Cl)cc4Cl)nc3C2)cc1. The van der Waals surface area contributed by atoms with Gasteiger partial charge in [0.2, 0.25) is 5.95 Å². The number of nitrogens with one attached hydrogen (secondary N) is 1. The number of ether oxygens (including phenoxy) is 1. The number of carbonyl (C=O) groups excluding carboxylic acids is 2. The molecule has 30 heavy (non-hydrogen) atoms. The standard InChI is InChI=1S/C22H17Cl2N3O3/c1-30-15-5-2-12(3-6-15)13-8-19-17(20(28)9-13)11-25-22(26-19)27-21(29)16-7-4-14(23)10-18(16)24/h2-7,10-11,13H,8-9H2,1H3,(H,25,26,27,29)/t13-/m0/s1. The minimum absolute atomic E-state index is 0.0000623. The molecule has 6 nitrogen and oxygen atoms in total. The summed E-state index contributed by atoms with van der Waals surface area (Å²) in [5, 5.41) is 3.30. The first-order chi connectivity index (χ1) is 14.4. The monoisotopic (exact) mass is 441 g/mol. The van der Waals surface area contributed by atoms with Gasteiger partial charge in [0, 0.05) is 17.6 Å². The van der Waals surface area contributed by atoms with Gasteiger partial charge < -0.3 is 4.74 Å². The zero-order valence-corrected chi connectivity index (χ0v) is 17.5. The Morgan fingerprint density at radius 1 is 1.13 bits per heavy atom. The van der Waals surface area contributed by atoms with Gasteiger partial charge in [0.05, 0.1) is 29.0 Å². The molecule has 2 aromatic carbocycles. The first-order valence-electron chi connectivity index (χ1n) is 9.24. The van der Waals surface area contributed by atoms with Gasteiger partial charge in [-0.25, -0.2) is 9.97 Å². The molecule has 1 aliphatic carbocycles. The van der Waals surface area contributed by atoms with Crippen LogP contribution in [0, 0.1) is 0 Å². The lowest BCUT2D eigenvalue weighted by Gasteiger charge is -2.23. The third-order valence-corrected chi connectivity index (χ3v) is 5.58. The van der Waals surface area contributed by atoms with Crippen LogP contribution in [0.2, 0.25) is 10.0 Å². The number of Topliss-reactive ketones (excluding diaryl/α,β-unsaturated/α-hetero) is 1. The van der Waals surface area contributed by atoms with Gasteiger partial charge >= 0.3 is 0 Å². The molecule has 8 heteroatoms. The minimum Gasteiger partial charge on any atom is -0.497 e. The van der Waals surface area contributed by atoms with Crippen molar-refractivity contribution in [2.75, 3.05) is 12.4 Å². The quantitative estimate of drug-likeness (QED) is 0.618. The molecule has 0 spiro atoms. The average molecular weight is 442 g/mol. The fourth-order valence-corrected chi connectivity index (χ4v) is 3.95. The van der Waals surface area contributed by atoms with Gasteiger partial charge in [-0.1, -0.05) is 35.3 Å². The Kier molecular flexibility index (Phi) is 5.70. The smallest absolute Gasteiger partial charge is 0.259 e. The van der Waals surface area contributed by atoms with Crippen LogP contribution in [0.25, 0.3) is 0 Å². The lowest BCUT2D eigenvalue weighted by molar-refractivity contribution is 0.0962. The fraction of sp³-hybridized carbons (Fsp3) is 0.182. The number of rotatable bonds is 4. The molecule has 1 aliphatic rings. The summed E-state index contributed by atoms with van der Waals surface area (Å²) < 4.78 is 5.19. The van der Waals surface area contributed by atoms with E-state index in [1.807, 2.05) is 24.3 Å². The Balaban J connectivity index is 1.56. The van der Waals surface area contributed by atoms with Crippen molar-refractivity contribution in [1.29, 1.82) is 0 Å². The molecular formula is C22H17Cl2N3O3. The normalized spacial score (nSPS) is 15.4. The number of benzene rings is 2. The molecule has 1 N–H and O–H groups in total. The third-order valence-electron chi connectivity index (χ3n) is 5.03. The van der Waals surface area contributed by atoms with Crippen LogP contribution in [0.3, 0.4) is 0 Å². The Hall–Kier alpha value is -2.96. The molecule has 1 atom stereocenters. The number of aromatic nitrogens is 2. The van der Waals surface area contributed by atoms with E-state index in [4.69, 9.17) is 27.9 Å². The predicted molar refractivity (Wildman–Crippen MR) is 115 cm³/mol. The molecule has 0 saturated carbocycles. The molecule has 3 aromatic rings. The summed E-state index contributed by atoms with van der Waals surface area (Å²) in [4.78, 5) is 33.7. The van der Waals surface area contributed by atoms with Crippen LogP contribution >= 0.6 is 23.2 Å². The highest BCUT2D eigenvalue weighted by Crippen LogP contribution is 2.33. The van der Waals surface area contributed by atoms with Crippen molar-refractivity contribution in [3.63, 3.8) is 0 Å². The van der Waals surface area contributed by atoms with E-state index in [-0.39, 0.29) is 28.2 Å². The van der Waals surface area contributed by atoms with E-state index in [2.05, 4.69) is 15.3 Å². The molecule has 1 amide bonds. The number of hydrogen-bond acceptors (Lipinski definition) is 5. The second kappa shape index (κ2) is 8.42. The Morgan fingerprint density at radius 3 is 2.60 bits per heavy atom. The molecule has 0 fully saturated rings. The zero-order valence-electron chi connectivity index (χ0n) is 16.0. The molecule has 1 aromatic heterocycles. The van der Waals surface area contributed by atoms with Crippen molar-refractivity contribution in [3.8, 4) is 5.75 Å². The van der Waals surface area contributed by atoms with Gasteiger partial charge in [0.25, 0.3) is 5.91 Å². The maximum Gasteiger partial charge on any atom is 0.259 e. The van der Waals surface area contributed by atoms with E-state index < -0.39 is 5.91 Å². The van der Waals surface area contributed by atoms with Crippen molar-refractivity contribution in [3.05, 3.63) is 81.1 Å². The van der Waals surface area contributed by atoms with Crippen molar-refractivity contribution in [2.24, 2.45) is 0 Å². The van der Waals surface area contributed by atoms with E-state index in [0.29, 0.717) is 29.1 Å². The fourth-order valence-electron chi connectivity index (χ4n) is 3.46. The van der Waals surface area contributed by atoms with Crippen molar-refractivity contribution >= 4 is 40.8 Å². The minimum atomic E-state index is -0.453. The number of methoxy groups -OCH3 is 1. The number of fused-ring (bicyclic) bond motifs is 1. The van der Waals surface area contributed by atoms with Crippen LogP contribution in [-0.2, 0) is 6.42 Å². The molecule has 0 radical (unpaired) electrons. The maximum absolute atomic E-state index is 12.6. The number of carbonyl (C=O) groups is 2. The summed E-state index contributed by atoms with van der Waals surface area (Å²) in [5.74, 6) is 0.406. The van der Waals surface area contributed by atoms with Gasteiger partial charge in [0.15, 0.2) is 5.78 Å². The molecule has 0 saturated heterocycles. The summed E-state index contributed by atoms with van der Waals surface area (Å²) >= 11 is 12.0. The van der Waals surface area contributed by atoms with E-state index in [1.165, 1.54) is 18.3 Å². The first-order valence-corrected chi connectivity index (χ1v) is 9.99. The number of halogens is 2. The molecular weight excluding hydrogens is 425 g/mol. The van der Waals surface area contributed by atoms with Gasteiger partial charge in [-0.15, -0.1) is 0 Å². The van der Waals surface area contributed by atoms with Crippen LogP contribution in [0.4, 0.5) is 5.95 Å². The Morgan fingerprint density at radius 2 is 1.90 bits per heavy atom. The Bertz CT molecular complexity index is 1130. The average Bonchev–Trinajstić information content (AvgIpc) is 2.73. The number of amides is 1. The summed E-state index contributed by atoms with van der Waals surface area (Å²) in [6.45, 7) is 0. The second-order valence-corrected chi connectivity index (χ2v) is 7.78. The topological polar surface area (TPSA) is 81.2 Å². The number of anilines is 1. The molecule has 4 rings (SSSR count). The summed E-state index contributed by atoms with van der Waals surface area (Å²) in [6, 6.07) is 12.2. The molecule has 152 valence electrons. The van der Waals surface area contributed by atoms with Crippen LogP contribution < -0.4 is 10.1 Å². The highest BCUT2D eigenvalue weighted by molar-refractivity contribution is 6.37. The van der Waals surface area contributed by atoms with Gasteiger partial charge in [-0.05, 0) is 48.2 Å². The molecule has 0 aliphatic heterocycles. The number of hydrogen-bond donors (Lipinski definition) is 1. The van der Waals surface area contributed by atoms with Gasteiger partial charge in [0.1, 0.15) is 5.75 Å². The van der Waals surface area contributed by atoms with Crippen molar-refractivity contribution < 1.29 is 14.3 Å². The van der Waals surface area contributed by atoms with Crippen molar-refractivity contribution in [1.82, 2.24) is 9.97 Å². The summed E-state index contributed by atoms with van der Waals surface area (Å²) in [5.41, 5.74) is 2.39. The zero-order chi connectivity index (χ0) is 21.3. The highest BCUT2D eigenvalue weighted by atomic mass is 35.5. The summed E-state index contributed by atoms with van der Waals surface area (Å²) in [7, 11) is 1.61. The van der Waals surface area contributed by atoms with Crippen LogP contribution in [0.5, 0.6) is 5.75 Å². The van der Waals surface area contributed by atoms with Gasteiger partial charge in [-0.2, -0.15) is 0 Å².